The summed E-state index contributed by atoms with van der Waals surface area (Å²) < 4.78 is 3.51. The topological polar surface area (TPSA) is 52.4 Å². The molecule has 0 aliphatic heterocycles. The molecule has 0 aliphatic carbocycles. The Morgan fingerprint density at radius 1 is 1.26 bits per heavy atom. The van der Waals surface area contributed by atoms with Gasteiger partial charge in [0.25, 0.3) is 0 Å². The molecule has 106 valence electrons. The van der Waals surface area contributed by atoms with Gasteiger partial charge in [-0.25, -0.2) is 0 Å². The summed E-state index contributed by atoms with van der Waals surface area (Å²) in [5.74, 6) is 0. The second-order valence-electron chi connectivity index (χ2n) is 4.01. The van der Waals surface area contributed by atoms with Crippen molar-refractivity contribution in [3.8, 4) is 0 Å². The van der Waals surface area contributed by atoms with Crippen LogP contribution in [0.15, 0.2) is 30.3 Å². The van der Waals surface area contributed by atoms with Gasteiger partial charge in [-0.15, -0.1) is 0 Å². The van der Waals surface area contributed by atoms with E-state index in [1.165, 1.54) is 5.56 Å². The fourth-order valence-electron chi connectivity index (χ4n) is 1.53. The van der Waals surface area contributed by atoms with Crippen LogP contribution in [0.5, 0.6) is 0 Å². The van der Waals surface area contributed by atoms with Gasteiger partial charge >= 0.3 is 0 Å². The van der Waals surface area contributed by atoms with E-state index in [4.69, 9.17) is 39.5 Å². The third-order valence-corrected chi connectivity index (χ3v) is 3.18. The van der Waals surface area contributed by atoms with Crippen LogP contribution in [0.3, 0.4) is 0 Å². The molecule has 4 nitrogen and oxygen atoms in total. The Morgan fingerprint density at radius 3 is 2.42 bits per heavy atom. The smallest absolute Gasteiger partial charge is 0.233 e. The second kappa shape index (κ2) is 7.90. The minimum atomic E-state index is -1.79. The van der Waals surface area contributed by atoms with E-state index in [0.29, 0.717) is 13.0 Å². The summed E-state index contributed by atoms with van der Waals surface area (Å²) in [6, 6.07) is 9.85. The fraction of sp³-hybridized carbons (Fsp3) is 0.500. The largest absolute Gasteiger partial charge is 0.367 e. The maximum Gasteiger partial charge on any atom is 0.233 e. The molecule has 0 saturated heterocycles. The van der Waals surface area contributed by atoms with E-state index in [1.54, 1.807) is 0 Å². The van der Waals surface area contributed by atoms with Crippen molar-refractivity contribution in [2.45, 2.75) is 22.7 Å². The molecule has 0 fully saturated rings. The maximum atomic E-state index is 10.5. The Morgan fingerprint density at radius 2 is 1.89 bits per heavy atom. The van der Waals surface area contributed by atoms with Crippen molar-refractivity contribution in [2.24, 2.45) is 0 Å². The molecule has 19 heavy (non-hydrogen) atoms. The van der Waals surface area contributed by atoms with Crippen LogP contribution in [0, 0.1) is 10.1 Å². The number of nitrogens with zero attached hydrogens (tertiary/aromatic N) is 1. The number of alkyl halides is 3. The minimum absolute atomic E-state index is 0.307. The van der Waals surface area contributed by atoms with Crippen molar-refractivity contribution in [2.75, 3.05) is 13.2 Å². The van der Waals surface area contributed by atoms with E-state index in [-0.39, 0.29) is 0 Å². The van der Waals surface area contributed by atoms with Crippen molar-refractivity contribution in [1.82, 2.24) is 0 Å². The van der Waals surface area contributed by atoms with E-state index in [9.17, 15) is 10.1 Å². The zero-order valence-electron chi connectivity index (χ0n) is 10.1. The average Bonchev–Trinajstić information content (AvgIpc) is 2.32. The van der Waals surface area contributed by atoms with Crippen LogP contribution < -0.4 is 0 Å². The van der Waals surface area contributed by atoms with Crippen molar-refractivity contribution >= 4 is 34.8 Å². The Kier molecular flexibility index (Phi) is 6.86. The lowest BCUT2D eigenvalue weighted by atomic mass is 10.1. The molecule has 1 aromatic carbocycles. The number of nitro groups is 1. The van der Waals surface area contributed by atoms with Crippen LogP contribution in [0.4, 0.5) is 0 Å². The molecule has 0 aromatic heterocycles. The van der Waals surface area contributed by atoms with Gasteiger partial charge in [-0.3, -0.25) is 10.1 Å². The van der Waals surface area contributed by atoms with Crippen LogP contribution in [-0.4, -0.2) is 28.0 Å². The third-order valence-electron chi connectivity index (χ3n) is 2.45. The molecular formula is C12H14Cl3NO3. The Hall–Kier alpha value is -0.550. The number of hydrogen-bond acceptors (Lipinski definition) is 3. The lowest BCUT2D eigenvalue weighted by Crippen LogP contribution is -2.36. The molecule has 0 unspecified atom stereocenters. The van der Waals surface area contributed by atoms with E-state index >= 15 is 0 Å². The molecule has 0 bridgehead atoms. The van der Waals surface area contributed by atoms with Gasteiger partial charge in [0.15, 0.2) is 6.10 Å². The minimum Gasteiger partial charge on any atom is -0.367 e. The van der Waals surface area contributed by atoms with E-state index in [2.05, 4.69) is 0 Å². The molecule has 0 aliphatic rings. The highest BCUT2D eigenvalue weighted by Crippen LogP contribution is 2.32. The highest BCUT2D eigenvalue weighted by atomic mass is 35.6. The monoisotopic (exact) mass is 325 g/mol. The predicted molar refractivity (Wildman–Crippen MR) is 76.7 cm³/mol. The Bertz CT molecular complexity index is 395. The van der Waals surface area contributed by atoms with Crippen LogP contribution in [0.1, 0.15) is 12.0 Å². The summed E-state index contributed by atoms with van der Waals surface area (Å²) >= 11 is 16.9. The molecule has 1 aromatic rings. The molecule has 0 radical (unpaired) electrons. The number of aryl methyl sites for hydroxylation is 1. The molecule has 0 spiro atoms. The average molecular weight is 327 g/mol. The lowest BCUT2D eigenvalue weighted by molar-refractivity contribution is -0.491. The van der Waals surface area contributed by atoms with Crippen molar-refractivity contribution in [1.29, 1.82) is 0 Å². The Balaban J connectivity index is 2.34. The standard InChI is InChI=1S/C12H14Cl3NO3/c13-12(14,15)11(9-16(17)18)19-8-4-7-10-5-2-1-3-6-10/h1-3,5-6,11H,4,7-9H2/t11-/m1/s1. The highest BCUT2D eigenvalue weighted by molar-refractivity contribution is 6.68. The zero-order valence-corrected chi connectivity index (χ0v) is 12.4. The number of ether oxygens (including phenoxy) is 1. The summed E-state index contributed by atoms with van der Waals surface area (Å²) in [6.07, 6.45) is 0.480. The quantitative estimate of drug-likeness (QED) is 0.332. The predicted octanol–water partition coefficient (Wildman–Crippen LogP) is 3.65. The summed E-state index contributed by atoms with van der Waals surface area (Å²) in [5.41, 5.74) is 1.17. The molecule has 7 heteroatoms. The summed E-state index contributed by atoms with van der Waals surface area (Å²) in [6.45, 7) is -0.219. The third kappa shape index (κ3) is 6.97. The lowest BCUT2D eigenvalue weighted by Gasteiger charge is -2.21. The van der Waals surface area contributed by atoms with Crippen molar-refractivity contribution < 1.29 is 9.66 Å². The highest BCUT2D eigenvalue weighted by Gasteiger charge is 2.37. The molecular weight excluding hydrogens is 312 g/mol. The van der Waals surface area contributed by atoms with Gasteiger partial charge in [0, 0.05) is 11.5 Å². The van der Waals surface area contributed by atoms with Crippen molar-refractivity contribution in [3.63, 3.8) is 0 Å². The van der Waals surface area contributed by atoms with Gasteiger partial charge in [0.2, 0.25) is 10.3 Å². The number of rotatable bonds is 7. The molecule has 1 rings (SSSR count). The molecule has 0 N–H and O–H groups in total. The molecule has 1 atom stereocenters. The van der Waals surface area contributed by atoms with Gasteiger partial charge in [-0.2, -0.15) is 0 Å². The van der Waals surface area contributed by atoms with Crippen molar-refractivity contribution in [3.05, 3.63) is 46.0 Å². The summed E-state index contributed by atoms with van der Waals surface area (Å²) in [4.78, 5) is 9.91. The first-order valence-corrected chi connectivity index (χ1v) is 6.87. The normalized spacial score (nSPS) is 13.2. The van der Waals surface area contributed by atoms with E-state index in [1.807, 2.05) is 30.3 Å². The van der Waals surface area contributed by atoms with Gasteiger partial charge < -0.3 is 4.74 Å². The number of hydrogen-bond donors (Lipinski definition) is 0. The maximum absolute atomic E-state index is 10.5. The summed E-state index contributed by atoms with van der Waals surface area (Å²) in [7, 11) is 0. The first kappa shape index (κ1) is 16.5. The van der Waals surface area contributed by atoms with Crippen LogP contribution in [0.2, 0.25) is 0 Å². The van der Waals surface area contributed by atoms with Crippen LogP contribution >= 0.6 is 34.8 Å². The molecule has 0 saturated carbocycles. The van der Waals surface area contributed by atoms with Gasteiger partial charge in [0.1, 0.15) is 0 Å². The van der Waals surface area contributed by atoms with E-state index in [0.717, 1.165) is 6.42 Å². The molecule has 0 heterocycles. The fourth-order valence-corrected chi connectivity index (χ4v) is 1.93. The summed E-state index contributed by atoms with van der Waals surface area (Å²) in [5, 5.41) is 10.5. The first-order chi connectivity index (χ1) is 8.89. The molecule has 0 amide bonds. The van der Waals surface area contributed by atoms with Crippen LogP contribution in [-0.2, 0) is 11.2 Å². The second-order valence-corrected chi connectivity index (χ2v) is 6.37. The number of halogens is 3. The van der Waals surface area contributed by atoms with Gasteiger partial charge in [-0.05, 0) is 18.4 Å². The first-order valence-electron chi connectivity index (χ1n) is 5.73. The van der Waals surface area contributed by atoms with Gasteiger partial charge in [-0.1, -0.05) is 65.1 Å². The SMILES string of the molecule is O=[N+]([O-])C[C@@H](OCCCc1ccccc1)C(Cl)(Cl)Cl. The zero-order chi connectivity index (χ0) is 14.3. The van der Waals surface area contributed by atoms with Gasteiger partial charge in [0.05, 0.1) is 0 Å². The Labute approximate surface area is 126 Å². The number of benzene rings is 1. The van der Waals surface area contributed by atoms with Crippen LogP contribution in [0.25, 0.3) is 0 Å². The van der Waals surface area contributed by atoms with E-state index < -0.39 is 21.4 Å².